The van der Waals surface area contributed by atoms with E-state index >= 15 is 0 Å². The molecule has 0 saturated carbocycles. The van der Waals surface area contributed by atoms with Crippen LogP contribution in [-0.2, 0) is 0 Å². The van der Waals surface area contributed by atoms with E-state index in [4.69, 9.17) is 16.7 Å². The Kier molecular flexibility index (Phi) is 4.29. The molecule has 0 heterocycles. The van der Waals surface area contributed by atoms with Gasteiger partial charge in [0.1, 0.15) is 0 Å². The molecule has 0 aromatic carbocycles. The fraction of sp³-hybridized carbons (Fsp3) is 1.00. The molecule has 0 saturated heterocycles. The molecule has 0 aliphatic heterocycles. The van der Waals surface area contributed by atoms with Gasteiger partial charge in [0.25, 0.3) is 0 Å². The molecule has 50 valence electrons. The van der Waals surface area contributed by atoms with E-state index in [0.29, 0.717) is 5.92 Å². The monoisotopic (exact) mass is 136 g/mol. The highest BCUT2D eigenvalue weighted by Crippen LogP contribution is 2.12. The first-order valence-corrected chi connectivity index (χ1v) is 3.41. The van der Waals surface area contributed by atoms with Crippen molar-refractivity contribution < 1.29 is 5.11 Å². The Morgan fingerprint density at radius 1 is 1.62 bits per heavy atom. The fourth-order valence-corrected chi connectivity index (χ4v) is 0.614. The number of aliphatic hydroxyl groups is 1. The Hall–Kier alpha value is 0.250. The van der Waals surface area contributed by atoms with Crippen LogP contribution in [0.2, 0.25) is 0 Å². The van der Waals surface area contributed by atoms with Crippen LogP contribution in [0, 0.1) is 5.92 Å². The lowest BCUT2D eigenvalue weighted by Gasteiger charge is -2.11. The van der Waals surface area contributed by atoms with Crippen molar-refractivity contribution in [3.05, 3.63) is 0 Å². The molecule has 0 radical (unpaired) electrons. The maximum absolute atomic E-state index is 8.50. The highest BCUT2D eigenvalue weighted by atomic mass is 35.5. The average molecular weight is 137 g/mol. The number of alkyl halides is 1. The SMILES string of the molecule is CC[C@@H](C)[C@H](Cl)CO. The van der Waals surface area contributed by atoms with Crippen molar-refractivity contribution in [2.45, 2.75) is 25.6 Å². The lowest BCUT2D eigenvalue weighted by Crippen LogP contribution is -2.14. The first-order valence-electron chi connectivity index (χ1n) is 2.97. The van der Waals surface area contributed by atoms with Gasteiger partial charge in [0, 0.05) is 0 Å². The number of aliphatic hydroxyl groups excluding tert-OH is 1. The van der Waals surface area contributed by atoms with Gasteiger partial charge in [-0.1, -0.05) is 20.3 Å². The lowest BCUT2D eigenvalue weighted by molar-refractivity contribution is 0.265. The Morgan fingerprint density at radius 3 is 2.25 bits per heavy atom. The van der Waals surface area contributed by atoms with E-state index in [0.717, 1.165) is 6.42 Å². The van der Waals surface area contributed by atoms with Gasteiger partial charge in [-0.2, -0.15) is 0 Å². The maximum atomic E-state index is 8.50. The van der Waals surface area contributed by atoms with Crippen LogP contribution in [0.5, 0.6) is 0 Å². The standard InChI is InChI=1S/C6H13ClO/c1-3-5(2)6(7)4-8/h5-6,8H,3-4H2,1-2H3/t5-,6-/m1/s1. The van der Waals surface area contributed by atoms with Gasteiger partial charge in [-0.3, -0.25) is 0 Å². The van der Waals surface area contributed by atoms with Gasteiger partial charge in [0.2, 0.25) is 0 Å². The zero-order chi connectivity index (χ0) is 6.57. The van der Waals surface area contributed by atoms with Gasteiger partial charge in [-0.25, -0.2) is 0 Å². The van der Waals surface area contributed by atoms with Crippen molar-refractivity contribution >= 4 is 11.6 Å². The summed E-state index contributed by atoms with van der Waals surface area (Å²) < 4.78 is 0. The van der Waals surface area contributed by atoms with E-state index in [2.05, 4.69) is 6.92 Å². The third kappa shape index (κ3) is 2.53. The van der Waals surface area contributed by atoms with Crippen LogP contribution in [0.4, 0.5) is 0 Å². The van der Waals surface area contributed by atoms with Crippen molar-refractivity contribution in [2.24, 2.45) is 5.92 Å². The molecular formula is C6H13ClO. The lowest BCUT2D eigenvalue weighted by atomic mass is 10.1. The van der Waals surface area contributed by atoms with Crippen molar-refractivity contribution in [1.29, 1.82) is 0 Å². The van der Waals surface area contributed by atoms with Gasteiger partial charge in [0.05, 0.1) is 12.0 Å². The molecule has 0 aromatic heterocycles. The minimum Gasteiger partial charge on any atom is -0.395 e. The first kappa shape index (κ1) is 8.25. The molecule has 8 heavy (non-hydrogen) atoms. The van der Waals surface area contributed by atoms with Gasteiger partial charge in [0.15, 0.2) is 0 Å². The van der Waals surface area contributed by atoms with E-state index in [9.17, 15) is 0 Å². The molecule has 0 bridgehead atoms. The van der Waals surface area contributed by atoms with Crippen molar-refractivity contribution in [2.75, 3.05) is 6.61 Å². The molecule has 0 amide bonds. The number of hydrogen-bond acceptors (Lipinski definition) is 1. The normalized spacial score (nSPS) is 18.0. The Morgan fingerprint density at radius 2 is 2.12 bits per heavy atom. The van der Waals surface area contributed by atoms with Gasteiger partial charge < -0.3 is 5.11 Å². The first-order chi connectivity index (χ1) is 3.72. The van der Waals surface area contributed by atoms with Crippen LogP contribution in [0.3, 0.4) is 0 Å². The molecule has 0 spiro atoms. The van der Waals surface area contributed by atoms with Crippen molar-refractivity contribution in [3.63, 3.8) is 0 Å². The van der Waals surface area contributed by atoms with Crippen LogP contribution in [-0.4, -0.2) is 17.1 Å². The second kappa shape index (κ2) is 4.16. The van der Waals surface area contributed by atoms with E-state index in [1.54, 1.807) is 0 Å². The minimum atomic E-state index is -0.0556. The summed E-state index contributed by atoms with van der Waals surface area (Å²) in [7, 11) is 0. The summed E-state index contributed by atoms with van der Waals surface area (Å²) in [6.45, 7) is 4.19. The van der Waals surface area contributed by atoms with Gasteiger partial charge in [-0.15, -0.1) is 11.6 Å². The van der Waals surface area contributed by atoms with Crippen LogP contribution in [0.15, 0.2) is 0 Å². The summed E-state index contributed by atoms with van der Waals surface area (Å²) in [4.78, 5) is 0. The summed E-state index contributed by atoms with van der Waals surface area (Å²) in [5.41, 5.74) is 0. The Labute approximate surface area is 55.7 Å². The summed E-state index contributed by atoms with van der Waals surface area (Å²) >= 11 is 5.67. The Bertz CT molecular complexity index is 48.5. The molecule has 0 rings (SSSR count). The topological polar surface area (TPSA) is 20.2 Å². The quantitative estimate of drug-likeness (QED) is 0.585. The largest absolute Gasteiger partial charge is 0.395 e. The van der Waals surface area contributed by atoms with Crippen LogP contribution >= 0.6 is 11.6 Å². The molecule has 0 aliphatic rings. The highest BCUT2D eigenvalue weighted by Gasteiger charge is 2.09. The predicted molar refractivity (Wildman–Crippen MR) is 36.2 cm³/mol. The van der Waals surface area contributed by atoms with Crippen LogP contribution < -0.4 is 0 Å². The maximum Gasteiger partial charge on any atom is 0.0597 e. The Balaban J connectivity index is 3.29. The third-order valence-corrected chi connectivity index (χ3v) is 2.00. The van der Waals surface area contributed by atoms with Crippen LogP contribution in [0.1, 0.15) is 20.3 Å². The van der Waals surface area contributed by atoms with Gasteiger partial charge in [-0.05, 0) is 5.92 Å². The number of halogens is 1. The minimum absolute atomic E-state index is 0.0556. The molecular weight excluding hydrogens is 124 g/mol. The molecule has 2 atom stereocenters. The zero-order valence-electron chi connectivity index (χ0n) is 5.39. The second-order valence-electron chi connectivity index (χ2n) is 2.08. The summed E-state index contributed by atoms with van der Waals surface area (Å²) in [6, 6.07) is 0. The number of hydrogen-bond donors (Lipinski definition) is 1. The zero-order valence-corrected chi connectivity index (χ0v) is 6.15. The van der Waals surface area contributed by atoms with Crippen molar-refractivity contribution in [3.8, 4) is 0 Å². The molecule has 1 nitrogen and oxygen atoms in total. The van der Waals surface area contributed by atoms with Crippen molar-refractivity contribution in [1.82, 2.24) is 0 Å². The molecule has 0 aromatic rings. The smallest absolute Gasteiger partial charge is 0.0597 e. The fourth-order valence-electron chi connectivity index (χ4n) is 0.436. The molecule has 0 fully saturated rings. The van der Waals surface area contributed by atoms with E-state index in [1.807, 2.05) is 6.92 Å². The summed E-state index contributed by atoms with van der Waals surface area (Å²) in [5, 5.41) is 8.45. The van der Waals surface area contributed by atoms with E-state index in [-0.39, 0.29) is 12.0 Å². The summed E-state index contributed by atoms with van der Waals surface area (Å²) in [6.07, 6.45) is 1.04. The van der Waals surface area contributed by atoms with E-state index < -0.39 is 0 Å². The van der Waals surface area contributed by atoms with E-state index in [1.165, 1.54) is 0 Å². The summed E-state index contributed by atoms with van der Waals surface area (Å²) in [5.74, 6) is 0.432. The second-order valence-corrected chi connectivity index (χ2v) is 2.64. The third-order valence-electron chi connectivity index (χ3n) is 1.44. The molecule has 2 heteroatoms. The average Bonchev–Trinajstić information content (AvgIpc) is 1.84. The molecule has 0 unspecified atom stereocenters. The van der Waals surface area contributed by atoms with Crippen LogP contribution in [0.25, 0.3) is 0 Å². The highest BCUT2D eigenvalue weighted by molar-refractivity contribution is 6.20. The predicted octanol–water partition coefficient (Wildman–Crippen LogP) is 1.63. The molecule has 0 aliphatic carbocycles. The molecule has 1 N–H and O–H groups in total. The van der Waals surface area contributed by atoms with Gasteiger partial charge >= 0.3 is 0 Å². The number of rotatable bonds is 3.